The maximum Gasteiger partial charge on any atom is 0.289 e. The Morgan fingerprint density at radius 3 is 2.67 bits per heavy atom. The summed E-state index contributed by atoms with van der Waals surface area (Å²) in [5.74, 6) is 1.77. The van der Waals surface area contributed by atoms with Gasteiger partial charge in [-0.1, -0.05) is 30.0 Å². The van der Waals surface area contributed by atoms with E-state index in [2.05, 4.69) is 16.0 Å². The average molecular weight is 466 g/mol. The molecule has 2 aliphatic heterocycles. The Morgan fingerprint density at radius 1 is 1.06 bits per heavy atom. The van der Waals surface area contributed by atoms with Gasteiger partial charge in [0.15, 0.2) is 10.9 Å². The van der Waals surface area contributed by atoms with Crippen LogP contribution < -0.4 is 4.90 Å². The smallest absolute Gasteiger partial charge is 0.289 e. The van der Waals surface area contributed by atoms with Gasteiger partial charge in [0.1, 0.15) is 5.76 Å². The van der Waals surface area contributed by atoms with Crippen LogP contribution in [-0.4, -0.2) is 70.4 Å². The third-order valence-corrected chi connectivity index (χ3v) is 7.28. The second-order valence-corrected chi connectivity index (χ2v) is 9.31. The Bertz CT molecular complexity index is 1150. The van der Waals surface area contributed by atoms with Crippen molar-refractivity contribution in [3.8, 4) is 0 Å². The van der Waals surface area contributed by atoms with E-state index < -0.39 is 0 Å². The molecule has 0 saturated carbocycles. The van der Waals surface area contributed by atoms with Crippen molar-refractivity contribution < 1.29 is 14.0 Å². The molecule has 0 N–H and O–H groups in total. The van der Waals surface area contributed by atoms with Crippen LogP contribution in [0.2, 0.25) is 0 Å². The Kier molecular flexibility index (Phi) is 6.24. The summed E-state index contributed by atoms with van der Waals surface area (Å²) in [6.07, 6.45) is 4.57. The summed E-state index contributed by atoms with van der Waals surface area (Å²) in [5, 5.41) is 0.905. The van der Waals surface area contributed by atoms with E-state index in [4.69, 9.17) is 4.42 Å². The van der Waals surface area contributed by atoms with Crippen molar-refractivity contribution in [2.45, 2.75) is 17.3 Å². The highest BCUT2D eigenvalue weighted by molar-refractivity contribution is 7.98. The molecule has 4 heterocycles. The Morgan fingerprint density at radius 2 is 1.88 bits per heavy atom. The van der Waals surface area contributed by atoms with Crippen LogP contribution in [0.1, 0.15) is 21.9 Å². The number of aryl methyl sites for hydroxylation is 1. The van der Waals surface area contributed by atoms with E-state index in [0.29, 0.717) is 44.2 Å². The van der Waals surface area contributed by atoms with Crippen molar-refractivity contribution in [3.63, 3.8) is 0 Å². The minimum atomic E-state index is -0.0947. The molecular formula is C24H27N5O3S. The van der Waals surface area contributed by atoms with Gasteiger partial charge >= 0.3 is 0 Å². The fourth-order valence-electron chi connectivity index (χ4n) is 4.34. The van der Waals surface area contributed by atoms with Crippen LogP contribution in [0, 0.1) is 0 Å². The minimum Gasteiger partial charge on any atom is -0.455 e. The van der Waals surface area contributed by atoms with Crippen LogP contribution >= 0.6 is 11.8 Å². The summed E-state index contributed by atoms with van der Waals surface area (Å²) in [4.78, 5) is 35.9. The summed E-state index contributed by atoms with van der Waals surface area (Å²) in [7, 11) is 1.95. The van der Waals surface area contributed by atoms with Crippen LogP contribution in [-0.2, 0) is 24.0 Å². The summed E-state index contributed by atoms with van der Waals surface area (Å²) in [6.45, 7) is 3.65. The summed E-state index contributed by atoms with van der Waals surface area (Å²) < 4.78 is 7.76. The number of rotatable bonds is 6. The molecule has 0 unspecified atom stereocenters. The maximum atomic E-state index is 12.9. The van der Waals surface area contributed by atoms with Crippen LogP contribution in [0.3, 0.4) is 0 Å². The molecule has 9 heteroatoms. The van der Waals surface area contributed by atoms with Gasteiger partial charge in [-0.2, -0.15) is 0 Å². The topological polar surface area (TPSA) is 74.8 Å². The van der Waals surface area contributed by atoms with Crippen molar-refractivity contribution in [1.82, 2.24) is 19.4 Å². The van der Waals surface area contributed by atoms with E-state index in [1.54, 1.807) is 28.9 Å². The molecule has 1 aromatic carbocycles. The third kappa shape index (κ3) is 4.69. The SMILES string of the molecule is Cn1ccnc1SCc1ccc(C(=O)N2CCN(CC(=O)N3CCc4ccccc43)CC2)o1. The number of fused-ring (bicyclic) bond motifs is 1. The Labute approximate surface area is 197 Å². The number of hydrogen-bond acceptors (Lipinski definition) is 6. The maximum absolute atomic E-state index is 12.9. The summed E-state index contributed by atoms with van der Waals surface area (Å²) in [6, 6.07) is 11.7. The van der Waals surface area contributed by atoms with Gasteiger partial charge in [0.2, 0.25) is 5.91 Å². The fraction of sp³-hybridized carbons (Fsp3) is 0.375. The molecule has 3 aromatic rings. The fourth-order valence-corrected chi connectivity index (χ4v) is 5.16. The molecule has 2 aliphatic rings. The lowest BCUT2D eigenvalue weighted by atomic mass is 10.2. The normalized spacial score (nSPS) is 16.3. The number of carbonyl (C=O) groups excluding carboxylic acids is 2. The van der Waals surface area contributed by atoms with Gasteiger partial charge < -0.3 is 18.8 Å². The molecule has 2 amide bonds. The molecule has 5 rings (SSSR count). The van der Waals surface area contributed by atoms with Gasteiger partial charge in [0.05, 0.1) is 12.3 Å². The zero-order chi connectivity index (χ0) is 22.8. The molecular weight excluding hydrogens is 438 g/mol. The van der Waals surface area contributed by atoms with Gasteiger partial charge in [-0.05, 0) is 30.2 Å². The Balaban J connectivity index is 1.11. The molecule has 0 spiro atoms. The van der Waals surface area contributed by atoms with Crippen molar-refractivity contribution in [1.29, 1.82) is 0 Å². The zero-order valence-corrected chi connectivity index (χ0v) is 19.5. The molecule has 2 aromatic heterocycles. The van der Waals surface area contributed by atoms with E-state index in [0.717, 1.165) is 29.6 Å². The van der Waals surface area contributed by atoms with E-state index in [1.807, 2.05) is 47.0 Å². The second kappa shape index (κ2) is 9.44. The predicted octanol–water partition coefficient (Wildman–Crippen LogP) is 2.65. The standard InChI is InChI=1S/C24H27N5O3S/c1-26-11-9-25-24(26)33-17-19-6-7-21(32-19)23(31)28-14-12-27(13-15-28)16-22(30)29-10-8-18-4-2-3-5-20(18)29/h2-7,9,11H,8,10,12-17H2,1H3. The second-order valence-electron chi connectivity index (χ2n) is 8.37. The van der Waals surface area contributed by atoms with E-state index in [-0.39, 0.29) is 11.8 Å². The molecule has 33 heavy (non-hydrogen) atoms. The van der Waals surface area contributed by atoms with Gasteiger partial charge in [-0.3, -0.25) is 14.5 Å². The third-order valence-electron chi connectivity index (χ3n) is 6.20. The number of aromatic nitrogens is 2. The van der Waals surface area contributed by atoms with Crippen LogP contribution in [0.15, 0.2) is 58.4 Å². The molecule has 8 nitrogen and oxygen atoms in total. The molecule has 1 fully saturated rings. The Hall–Kier alpha value is -3.04. The van der Waals surface area contributed by atoms with Crippen LogP contribution in [0.5, 0.6) is 0 Å². The lowest BCUT2D eigenvalue weighted by Gasteiger charge is -2.34. The van der Waals surface area contributed by atoms with Crippen molar-refractivity contribution in [3.05, 3.63) is 65.9 Å². The van der Waals surface area contributed by atoms with E-state index in [1.165, 1.54) is 5.56 Å². The molecule has 0 aliphatic carbocycles. The number of para-hydroxylation sites is 1. The molecule has 172 valence electrons. The first kappa shape index (κ1) is 21.8. The largest absolute Gasteiger partial charge is 0.455 e. The van der Waals surface area contributed by atoms with Crippen LogP contribution in [0.4, 0.5) is 5.69 Å². The number of thioether (sulfide) groups is 1. The highest BCUT2D eigenvalue weighted by atomic mass is 32.2. The van der Waals surface area contributed by atoms with Crippen LogP contribution in [0.25, 0.3) is 0 Å². The molecule has 0 bridgehead atoms. The highest BCUT2D eigenvalue weighted by Crippen LogP contribution is 2.27. The first-order valence-corrected chi connectivity index (χ1v) is 12.2. The number of anilines is 1. The molecule has 0 atom stereocenters. The van der Waals surface area contributed by atoms with E-state index in [9.17, 15) is 9.59 Å². The van der Waals surface area contributed by atoms with Gasteiger partial charge in [0.25, 0.3) is 5.91 Å². The molecule has 0 radical (unpaired) electrons. The zero-order valence-electron chi connectivity index (χ0n) is 18.6. The monoisotopic (exact) mass is 465 g/mol. The average Bonchev–Trinajstić information content (AvgIpc) is 3.57. The highest BCUT2D eigenvalue weighted by Gasteiger charge is 2.29. The van der Waals surface area contributed by atoms with Crippen molar-refractivity contribution in [2.75, 3.05) is 44.2 Å². The predicted molar refractivity (Wildman–Crippen MR) is 126 cm³/mol. The van der Waals surface area contributed by atoms with Gasteiger partial charge in [-0.25, -0.2) is 4.98 Å². The van der Waals surface area contributed by atoms with Crippen molar-refractivity contribution >= 4 is 29.3 Å². The summed E-state index contributed by atoms with van der Waals surface area (Å²) >= 11 is 1.57. The van der Waals surface area contributed by atoms with Gasteiger partial charge in [-0.15, -0.1) is 0 Å². The number of benzene rings is 1. The lowest BCUT2D eigenvalue weighted by molar-refractivity contribution is -0.120. The molecule has 1 saturated heterocycles. The van der Waals surface area contributed by atoms with E-state index >= 15 is 0 Å². The lowest BCUT2D eigenvalue weighted by Crippen LogP contribution is -2.51. The minimum absolute atomic E-state index is 0.0947. The number of amides is 2. The first-order valence-electron chi connectivity index (χ1n) is 11.2. The number of nitrogens with zero attached hydrogens (tertiary/aromatic N) is 5. The number of hydrogen-bond donors (Lipinski definition) is 0. The quantitative estimate of drug-likeness (QED) is 0.521. The first-order chi connectivity index (χ1) is 16.1. The van der Waals surface area contributed by atoms with Crippen molar-refractivity contribution in [2.24, 2.45) is 7.05 Å². The number of carbonyl (C=O) groups is 2. The number of imidazole rings is 1. The number of furan rings is 1. The summed E-state index contributed by atoms with van der Waals surface area (Å²) in [5.41, 5.74) is 2.27. The van der Waals surface area contributed by atoms with Gasteiger partial charge in [0, 0.05) is 57.9 Å². The number of piperazine rings is 1.